The minimum Gasteiger partial charge on any atom is -0.437 e. The number of imidazole rings is 2. The van der Waals surface area contributed by atoms with Crippen molar-refractivity contribution in [2.24, 2.45) is 10.8 Å². The Morgan fingerprint density at radius 3 is 1.98 bits per heavy atom. The first-order chi connectivity index (χ1) is 28.6. The number of carbonyl (C=O) groups is 2. The number of aliphatic hydroxyl groups is 1. The molecule has 3 aliphatic rings. The van der Waals surface area contributed by atoms with Crippen molar-refractivity contribution >= 4 is 61.7 Å². The number of phosphoric ester groups is 2. The molecule has 0 radical (unpaired) electrons. The lowest BCUT2D eigenvalue weighted by molar-refractivity contribution is -0.162. The number of nitrogen functional groups attached to an aromatic ring is 2. The Hall–Kier alpha value is -4.53. The molecule has 26 nitrogen and oxygen atoms in total. The normalized spacial score (nSPS) is 31.3. The summed E-state index contributed by atoms with van der Waals surface area (Å²) >= 11 is 0. The number of nitrogens with zero attached hydrogens (tertiary/aromatic N) is 7. The van der Waals surface area contributed by atoms with Gasteiger partial charge in [-0.15, -0.1) is 0 Å². The molecule has 0 aliphatic carbocycles. The van der Waals surface area contributed by atoms with Crippen molar-refractivity contribution in [3.63, 3.8) is 0 Å². The largest absolute Gasteiger partial charge is 0.478 e. The van der Waals surface area contributed by atoms with Crippen LogP contribution in [-0.2, 0) is 64.8 Å². The summed E-state index contributed by atoms with van der Waals surface area (Å²) in [6.45, 7) is 5.40. The molecule has 61 heavy (non-hydrogen) atoms. The van der Waals surface area contributed by atoms with E-state index in [1.807, 2.05) is 0 Å². The number of alkyl halides is 1. The molecule has 334 valence electrons. The zero-order valence-corrected chi connectivity index (χ0v) is 35.1. The van der Waals surface area contributed by atoms with Gasteiger partial charge in [-0.05, 0) is 41.5 Å². The van der Waals surface area contributed by atoms with Crippen LogP contribution in [0.3, 0.4) is 0 Å². The molecule has 0 aromatic carbocycles. The third kappa shape index (κ3) is 9.18. The first-order valence-electron chi connectivity index (χ1n) is 18.4. The van der Waals surface area contributed by atoms with Crippen LogP contribution in [0.4, 0.5) is 16.2 Å². The van der Waals surface area contributed by atoms with E-state index in [0.29, 0.717) is 0 Å². The average molecular weight is 905 g/mol. The minimum absolute atomic E-state index is 0.0247. The third-order valence-corrected chi connectivity index (χ3v) is 12.1. The maximum absolute atomic E-state index is 16.8. The number of nitrogens with two attached hydrogens (primary N) is 2. The van der Waals surface area contributed by atoms with Crippen molar-refractivity contribution in [1.29, 1.82) is 0 Å². The lowest BCUT2D eigenvalue weighted by Gasteiger charge is -2.28. The van der Waals surface area contributed by atoms with Gasteiger partial charge < -0.3 is 35.5 Å². The predicted molar refractivity (Wildman–Crippen MR) is 201 cm³/mol. The van der Waals surface area contributed by atoms with E-state index in [1.165, 1.54) is 0 Å². The van der Waals surface area contributed by atoms with Gasteiger partial charge in [-0.3, -0.25) is 46.6 Å². The lowest BCUT2D eigenvalue weighted by Crippen LogP contribution is -2.36. The molecule has 3 fully saturated rings. The number of esters is 2. The van der Waals surface area contributed by atoms with E-state index in [2.05, 4.69) is 29.9 Å². The summed E-state index contributed by atoms with van der Waals surface area (Å²) in [5.74, 6) is -1.92. The SMILES string of the molecule is CC(C)(C)C(=O)OCOP1(=O)OC[C@H]2O[C@@H](n3cnc4c(=O)[nH]c(N)nc43)C(OP(=O)(OCOC(=O)C(C)(C)C)OCC3O[C@@H](n4cnc5c(N)ncnc54)C(F)C3O1)C2O. The second kappa shape index (κ2) is 16.6. The Bertz CT molecular complexity index is 2460. The van der Waals surface area contributed by atoms with Gasteiger partial charge in [0.05, 0.1) is 36.7 Å². The highest BCUT2D eigenvalue weighted by atomic mass is 31.2. The minimum atomic E-state index is -5.14. The Labute approximate surface area is 343 Å². The van der Waals surface area contributed by atoms with Crippen LogP contribution < -0.4 is 17.0 Å². The van der Waals surface area contributed by atoms with E-state index < -0.39 is 120 Å². The van der Waals surface area contributed by atoms with E-state index >= 15 is 4.39 Å². The van der Waals surface area contributed by atoms with Gasteiger partial charge in [0.15, 0.2) is 41.3 Å². The van der Waals surface area contributed by atoms with E-state index in [1.54, 1.807) is 41.5 Å². The quantitative estimate of drug-likeness (QED) is 0.111. The Morgan fingerprint density at radius 2 is 1.38 bits per heavy atom. The summed E-state index contributed by atoms with van der Waals surface area (Å²) in [5.41, 5.74) is 8.65. The van der Waals surface area contributed by atoms with Gasteiger partial charge in [0.2, 0.25) is 19.5 Å². The molecule has 0 spiro atoms. The molecule has 2 bridgehead atoms. The van der Waals surface area contributed by atoms with Crippen LogP contribution in [-0.4, -0.2) is 120 Å². The maximum atomic E-state index is 16.8. The van der Waals surface area contributed by atoms with Crippen LogP contribution in [0.2, 0.25) is 0 Å². The van der Waals surface area contributed by atoms with Crippen molar-refractivity contribution in [3.8, 4) is 0 Å². The number of aromatic amines is 1. The lowest BCUT2D eigenvalue weighted by atomic mass is 9.98. The van der Waals surface area contributed by atoms with Crippen molar-refractivity contribution in [2.75, 3.05) is 38.3 Å². The molecule has 0 amide bonds. The van der Waals surface area contributed by atoms with E-state index in [9.17, 15) is 28.6 Å². The van der Waals surface area contributed by atoms with Crippen LogP contribution in [0, 0.1) is 10.8 Å². The second-order valence-corrected chi connectivity index (χ2v) is 19.2. The molecule has 3 saturated heterocycles. The summed E-state index contributed by atoms with van der Waals surface area (Å²) in [6, 6.07) is 0. The monoisotopic (exact) mass is 904 g/mol. The molecule has 7 heterocycles. The molecule has 4 aromatic rings. The second-order valence-electron chi connectivity index (χ2n) is 15.9. The van der Waals surface area contributed by atoms with Crippen molar-refractivity contribution in [3.05, 3.63) is 29.3 Å². The number of hydrogen-bond acceptors (Lipinski definition) is 23. The van der Waals surface area contributed by atoms with Crippen LogP contribution >= 0.6 is 15.6 Å². The predicted octanol–water partition coefficient (Wildman–Crippen LogP) is 1.78. The Morgan fingerprint density at radius 1 is 0.836 bits per heavy atom. The molecular formula is C32H43FN10O16P2. The molecule has 7 unspecified atom stereocenters. The summed E-state index contributed by atoms with van der Waals surface area (Å²) in [4.78, 5) is 60.4. The number of anilines is 2. The van der Waals surface area contributed by atoms with E-state index in [0.717, 1.165) is 28.1 Å². The van der Waals surface area contributed by atoms with Crippen LogP contribution in [0.25, 0.3) is 22.3 Å². The number of nitrogens with one attached hydrogen (secondary N) is 1. The summed E-state index contributed by atoms with van der Waals surface area (Å²) in [6.07, 6.45) is -11.2. The first kappa shape index (κ1) is 44.5. The summed E-state index contributed by atoms with van der Waals surface area (Å²) in [7, 11) is -10.3. The maximum Gasteiger partial charge on any atom is 0.478 e. The molecule has 7 rings (SSSR count). The molecular weight excluding hydrogens is 861 g/mol. The highest BCUT2D eigenvalue weighted by Crippen LogP contribution is 2.58. The number of phosphoric acid groups is 2. The van der Waals surface area contributed by atoms with Crippen LogP contribution in [0.15, 0.2) is 23.8 Å². The topological polar surface area (TPSA) is 340 Å². The van der Waals surface area contributed by atoms with E-state index in [4.69, 9.17) is 57.6 Å². The molecule has 0 saturated carbocycles. The zero-order valence-electron chi connectivity index (χ0n) is 33.3. The highest BCUT2D eigenvalue weighted by molar-refractivity contribution is 7.48. The molecule has 4 aromatic heterocycles. The smallest absolute Gasteiger partial charge is 0.437 e. The number of halogens is 1. The average Bonchev–Trinajstić information content (AvgIpc) is 3.94. The van der Waals surface area contributed by atoms with Crippen molar-refractivity contribution < 1.29 is 74.3 Å². The molecule has 10 atom stereocenters. The molecule has 6 N–H and O–H groups in total. The zero-order chi connectivity index (χ0) is 44.2. The number of H-pyrrole nitrogens is 1. The summed E-state index contributed by atoms with van der Waals surface area (Å²) in [5, 5.41) is 11.7. The molecule has 29 heteroatoms. The van der Waals surface area contributed by atoms with Gasteiger partial charge in [0.1, 0.15) is 42.4 Å². The number of aliphatic hydroxyl groups excluding tert-OH is 1. The number of rotatable bonds is 8. The number of ether oxygens (including phenoxy) is 4. The Kier molecular flexibility index (Phi) is 12.1. The van der Waals surface area contributed by atoms with Gasteiger partial charge >= 0.3 is 27.6 Å². The molecule has 3 aliphatic heterocycles. The Balaban J connectivity index is 1.27. The van der Waals surface area contributed by atoms with Gasteiger partial charge in [-0.25, -0.2) is 42.5 Å². The highest BCUT2D eigenvalue weighted by Gasteiger charge is 2.56. The van der Waals surface area contributed by atoms with Gasteiger partial charge in [-0.2, -0.15) is 4.98 Å². The fourth-order valence-electron chi connectivity index (χ4n) is 6.10. The first-order valence-corrected chi connectivity index (χ1v) is 21.3. The number of hydrogen-bond donors (Lipinski definition) is 4. The van der Waals surface area contributed by atoms with Crippen molar-refractivity contribution in [1.82, 2.24) is 39.0 Å². The van der Waals surface area contributed by atoms with Crippen LogP contribution in [0.5, 0.6) is 0 Å². The fraction of sp³-hybridized carbons (Fsp3) is 0.625. The van der Waals surface area contributed by atoms with Crippen molar-refractivity contribution in [2.45, 2.75) is 90.7 Å². The number of aromatic nitrogens is 8. The van der Waals surface area contributed by atoms with Gasteiger partial charge in [0.25, 0.3) is 5.56 Å². The van der Waals surface area contributed by atoms with Gasteiger partial charge in [0, 0.05) is 0 Å². The third-order valence-electron chi connectivity index (χ3n) is 9.29. The summed E-state index contributed by atoms with van der Waals surface area (Å²) < 4.78 is 104. The fourth-order valence-corrected chi connectivity index (χ4v) is 8.59. The standard InChI is InChI=1S/C32H43FN10O16P2/c1-31(2,3)28(46)50-12-54-60(48)52-7-14-19(44)21(27(56-14)43-11-39-18-24(43)40-30(35)41-25(18)45)59-61(49,55-13-51-29(47)32(4,5)6)53-8-15-20(58-60)16(33)26(57-15)42-10-38-17-22(34)36-9-37-23(17)42/h9-11,14-16,19-21,26-27,44H,7-8,12-13H2,1-6H3,(H2,34,36,37)(H3,35,40,41,45)/t14-,15?,16?,19?,20?,21?,26-,27-,60?,61?/m1/s1. The number of fused-ring (bicyclic) bond motifs is 5. The van der Waals surface area contributed by atoms with Gasteiger partial charge in [-0.1, -0.05) is 0 Å². The van der Waals surface area contributed by atoms with E-state index in [-0.39, 0.29) is 34.1 Å². The number of carbonyl (C=O) groups excluding carboxylic acids is 2. The van der Waals surface area contributed by atoms with Crippen LogP contribution in [0.1, 0.15) is 54.0 Å².